The van der Waals surface area contributed by atoms with E-state index < -0.39 is 7.12 Å². The summed E-state index contributed by atoms with van der Waals surface area (Å²) in [7, 11) is -1.44. The van der Waals surface area contributed by atoms with Crippen LogP contribution in [0, 0.1) is 0 Å². The Hall–Kier alpha value is -1.11. The lowest BCUT2D eigenvalue weighted by atomic mass is 9.82. The number of hydrogen-bond donors (Lipinski definition) is 2. The zero-order chi connectivity index (χ0) is 13.1. The number of anilines is 1. The Balaban J connectivity index is 1.97. The molecular weight excluding hydrogens is 229 g/mol. The summed E-state index contributed by atoms with van der Waals surface area (Å²) in [5.41, 5.74) is 0.430. The minimum atomic E-state index is -1.44. The van der Waals surface area contributed by atoms with Crippen molar-refractivity contribution < 1.29 is 10.0 Å². The quantitative estimate of drug-likeness (QED) is 0.693. The summed E-state index contributed by atoms with van der Waals surface area (Å²) in [4.78, 5) is 8.96. The molecule has 1 aromatic rings. The molecule has 1 aromatic heterocycles. The topological polar surface area (TPSA) is 59.8 Å². The van der Waals surface area contributed by atoms with Gasteiger partial charge in [0.1, 0.15) is 5.82 Å². The van der Waals surface area contributed by atoms with Crippen LogP contribution in [0.15, 0.2) is 18.3 Å². The minimum Gasteiger partial charge on any atom is -0.423 e. The Kier molecular flexibility index (Phi) is 4.21. The molecule has 1 aliphatic rings. The number of nitrogens with zero attached hydrogens (tertiary/aromatic N) is 3. The van der Waals surface area contributed by atoms with Gasteiger partial charge in [0, 0.05) is 43.9 Å². The Morgan fingerprint density at radius 1 is 1.17 bits per heavy atom. The van der Waals surface area contributed by atoms with Crippen molar-refractivity contribution in [1.82, 2.24) is 9.88 Å². The van der Waals surface area contributed by atoms with Gasteiger partial charge in [0.05, 0.1) is 0 Å². The molecule has 0 aliphatic carbocycles. The number of piperazine rings is 1. The van der Waals surface area contributed by atoms with E-state index in [1.54, 1.807) is 6.07 Å². The summed E-state index contributed by atoms with van der Waals surface area (Å²) in [6, 6.07) is 4.15. The number of rotatable bonds is 3. The molecule has 0 saturated carbocycles. The van der Waals surface area contributed by atoms with Crippen LogP contribution in [0.1, 0.15) is 13.8 Å². The highest BCUT2D eigenvalue weighted by Crippen LogP contribution is 2.13. The Bertz CT molecular complexity index is 375. The van der Waals surface area contributed by atoms with Gasteiger partial charge in [-0.05, 0) is 19.9 Å². The highest BCUT2D eigenvalue weighted by Gasteiger charge is 2.20. The number of hydrogen-bond acceptors (Lipinski definition) is 5. The van der Waals surface area contributed by atoms with E-state index in [0.717, 1.165) is 32.0 Å². The van der Waals surface area contributed by atoms with Gasteiger partial charge in [0.25, 0.3) is 0 Å². The zero-order valence-corrected chi connectivity index (χ0v) is 11.0. The maximum Gasteiger partial charge on any atom is 0.490 e. The fraction of sp³-hybridized carbons (Fsp3) is 0.583. The van der Waals surface area contributed by atoms with Gasteiger partial charge in [-0.25, -0.2) is 4.98 Å². The molecule has 1 aliphatic heterocycles. The highest BCUT2D eigenvalue weighted by atomic mass is 16.4. The molecule has 18 heavy (non-hydrogen) atoms. The standard InChI is InChI=1S/C12H20BN3O2/c1-10(2)15-5-7-16(8-6-15)12-4-3-11(9-14-12)13(17)18/h3-4,9-10,17-18H,5-8H2,1-2H3. The average molecular weight is 249 g/mol. The first-order valence-electron chi connectivity index (χ1n) is 6.39. The highest BCUT2D eigenvalue weighted by molar-refractivity contribution is 6.58. The molecule has 6 heteroatoms. The van der Waals surface area contributed by atoms with Crippen molar-refractivity contribution in [2.75, 3.05) is 31.1 Å². The molecule has 0 atom stereocenters. The van der Waals surface area contributed by atoms with E-state index in [-0.39, 0.29) is 0 Å². The third kappa shape index (κ3) is 3.01. The number of aromatic nitrogens is 1. The van der Waals surface area contributed by atoms with Crippen LogP contribution in [0.2, 0.25) is 0 Å². The smallest absolute Gasteiger partial charge is 0.423 e. The van der Waals surface area contributed by atoms with Gasteiger partial charge >= 0.3 is 7.12 Å². The number of pyridine rings is 1. The minimum absolute atomic E-state index is 0.430. The van der Waals surface area contributed by atoms with Crippen LogP contribution in [0.25, 0.3) is 0 Å². The van der Waals surface area contributed by atoms with Crippen LogP contribution in [0.4, 0.5) is 5.82 Å². The average Bonchev–Trinajstić information content (AvgIpc) is 2.39. The first-order chi connectivity index (χ1) is 8.58. The summed E-state index contributed by atoms with van der Waals surface area (Å²) in [5, 5.41) is 18.0. The van der Waals surface area contributed by atoms with Gasteiger partial charge in [-0.1, -0.05) is 6.07 Å². The summed E-state index contributed by atoms with van der Waals surface area (Å²) >= 11 is 0. The molecule has 1 saturated heterocycles. The van der Waals surface area contributed by atoms with Crippen LogP contribution in [-0.4, -0.2) is 59.3 Å². The summed E-state index contributed by atoms with van der Waals surface area (Å²) in [5.74, 6) is 0.905. The third-order valence-corrected chi connectivity index (χ3v) is 3.44. The van der Waals surface area contributed by atoms with Crippen molar-refractivity contribution in [3.8, 4) is 0 Å². The van der Waals surface area contributed by atoms with Gasteiger partial charge in [-0.3, -0.25) is 4.90 Å². The Morgan fingerprint density at radius 2 is 1.83 bits per heavy atom. The van der Waals surface area contributed by atoms with Crippen LogP contribution < -0.4 is 10.4 Å². The SMILES string of the molecule is CC(C)N1CCN(c2ccc(B(O)O)cn2)CC1. The van der Waals surface area contributed by atoms with Gasteiger partial charge in [-0.2, -0.15) is 0 Å². The monoisotopic (exact) mass is 249 g/mol. The summed E-state index contributed by atoms with van der Waals surface area (Å²) < 4.78 is 0. The molecule has 2 heterocycles. The molecule has 0 spiro atoms. The van der Waals surface area contributed by atoms with Crippen molar-refractivity contribution in [1.29, 1.82) is 0 Å². The van der Waals surface area contributed by atoms with E-state index in [1.165, 1.54) is 6.20 Å². The van der Waals surface area contributed by atoms with E-state index in [1.807, 2.05) is 6.07 Å². The molecule has 0 bridgehead atoms. The first kappa shape index (κ1) is 13.3. The van der Waals surface area contributed by atoms with E-state index >= 15 is 0 Å². The van der Waals surface area contributed by atoms with Crippen LogP contribution in [-0.2, 0) is 0 Å². The fourth-order valence-corrected chi connectivity index (χ4v) is 2.20. The summed E-state index contributed by atoms with van der Waals surface area (Å²) in [6.07, 6.45) is 1.52. The molecule has 0 amide bonds. The van der Waals surface area contributed by atoms with Crippen molar-refractivity contribution in [2.24, 2.45) is 0 Å². The van der Waals surface area contributed by atoms with E-state index in [2.05, 4.69) is 28.6 Å². The van der Waals surface area contributed by atoms with Gasteiger partial charge in [-0.15, -0.1) is 0 Å². The zero-order valence-electron chi connectivity index (χ0n) is 11.0. The Labute approximate surface area is 108 Å². The largest absolute Gasteiger partial charge is 0.490 e. The second-order valence-electron chi connectivity index (χ2n) is 4.94. The molecule has 98 valence electrons. The maximum absolute atomic E-state index is 9.02. The molecule has 1 fully saturated rings. The lowest BCUT2D eigenvalue weighted by molar-refractivity contribution is 0.209. The van der Waals surface area contributed by atoms with Crippen molar-refractivity contribution in [2.45, 2.75) is 19.9 Å². The Morgan fingerprint density at radius 3 is 2.28 bits per heavy atom. The predicted octanol–water partition coefficient (Wildman–Crippen LogP) is -0.708. The first-order valence-corrected chi connectivity index (χ1v) is 6.39. The summed E-state index contributed by atoms with van der Waals surface area (Å²) in [6.45, 7) is 8.45. The van der Waals surface area contributed by atoms with Gasteiger partial charge in [0.2, 0.25) is 0 Å². The molecule has 2 N–H and O–H groups in total. The fourth-order valence-electron chi connectivity index (χ4n) is 2.20. The molecule has 0 radical (unpaired) electrons. The molecule has 0 aromatic carbocycles. The molecule has 2 rings (SSSR count). The normalized spacial score (nSPS) is 17.3. The lowest BCUT2D eigenvalue weighted by Crippen LogP contribution is -2.49. The van der Waals surface area contributed by atoms with Crippen LogP contribution >= 0.6 is 0 Å². The van der Waals surface area contributed by atoms with E-state index in [0.29, 0.717) is 11.5 Å². The van der Waals surface area contributed by atoms with Gasteiger partial charge in [0.15, 0.2) is 0 Å². The molecular formula is C12H20BN3O2. The lowest BCUT2D eigenvalue weighted by Gasteiger charge is -2.37. The van der Waals surface area contributed by atoms with E-state index in [4.69, 9.17) is 10.0 Å². The third-order valence-electron chi connectivity index (χ3n) is 3.44. The van der Waals surface area contributed by atoms with Crippen molar-refractivity contribution in [3.63, 3.8) is 0 Å². The molecule has 5 nitrogen and oxygen atoms in total. The molecule has 0 unspecified atom stereocenters. The second kappa shape index (κ2) is 5.69. The van der Waals surface area contributed by atoms with Crippen molar-refractivity contribution >= 4 is 18.4 Å². The van der Waals surface area contributed by atoms with E-state index in [9.17, 15) is 0 Å². The van der Waals surface area contributed by atoms with Crippen LogP contribution in [0.3, 0.4) is 0 Å². The van der Waals surface area contributed by atoms with Crippen LogP contribution in [0.5, 0.6) is 0 Å². The maximum atomic E-state index is 9.02. The second-order valence-corrected chi connectivity index (χ2v) is 4.94. The predicted molar refractivity (Wildman–Crippen MR) is 73.0 cm³/mol. The van der Waals surface area contributed by atoms with Crippen molar-refractivity contribution in [3.05, 3.63) is 18.3 Å². The van der Waals surface area contributed by atoms with Gasteiger partial charge < -0.3 is 14.9 Å².